The second kappa shape index (κ2) is 18.7. The van der Waals surface area contributed by atoms with E-state index in [1.165, 1.54) is 25.7 Å². The molecule has 0 aliphatic carbocycles. The molecule has 0 aliphatic rings. The minimum atomic E-state index is -0.512. The first-order valence-electron chi connectivity index (χ1n) is 16.4. The fourth-order valence-electron chi connectivity index (χ4n) is 5.88. The number of benzene rings is 2. The molecule has 3 unspecified atom stereocenters. The Morgan fingerprint density at radius 3 is 1.51 bits per heavy atom. The average molecular weight is 565 g/mol. The third-order valence-electron chi connectivity index (χ3n) is 8.73. The Kier molecular flexibility index (Phi) is 15.8. The Balaban J connectivity index is 2.24. The van der Waals surface area contributed by atoms with Crippen molar-refractivity contribution < 1.29 is 19.1 Å². The zero-order valence-electron chi connectivity index (χ0n) is 26.8. The van der Waals surface area contributed by atoms with Crippen LogP contribution in [0.25, 0.3) is 0 Å². The summed E-state index contributed by atoms with van der Waals surface area (Å²) in [5.74, 6) is -0.547. The number of unbranched alkanes of at least 4 members (excludes halogenated alkanes) is 6. The van der Waals surface area contributed by atoms with E-state index in [1.54, 1.807) is 0 Å². The van der Waals surface area contributed by atoms with Gasteiger partial charge in [0, 0.05) is 5.41 Å². The number of hydrogen-bond acceptors (Lipinski definition) is 4. The predicted molar refractivity (Wildman–Crippen MR) is 171 cm³/mol. The highest BCUT2D eigenvalue weighted by Gasteiger charge is 2.44. The van der Waals surface area contributed by atoms with Crippen LogP contribution in [0.2, 0.25) is 0 Å². The molecule has 4 heteroatoms. The number of ether oxygens (including phenoxy) is 2. The average Bonchev–Trinajstić information content (AvgIpc) is 2.99. The molecule has 0 aromatic heterocycles. The fourth-order valence-corrected chi connectivity index (χ4v) is 5.88. The summed E-state index contributed by atoms with van der Waals surface area (Å²) in [6, 6.07) is 15.7. The topological polar surface area (TPSA) is 52.6 Å². The van der Waals surface area contributed by atoms with Gasteiger partial charge in [0.15, 0.2) is 0 Å². The molecule has 0 bridgehead atoms. The van der Waals surface area contributed by atoms with Gasteiger partial charge in [-0.15, -0.1) is 0 Å². The zero-order chi connectivity index (χ0) is 30.1. The van der Waals surface area contributed by atoms with Crippen LogP contribution in [0.5, 0.6) is 0 Å². The van der Waals surface area contributed by atoms with Gasteiger partial charge in [-0.2, -0.15) is 0 Å². The van der Waals surface area contributed by atoms with Crippen LogP contribution in [0.4, 0.5) is 0 Å². The van der Waals surface area contributed by atoms with E-state index in [0.29, 0.717) is 17.5 Å². The van der Waals surface area contributed by atoms with Gasteiger partial charge >= 0.3 is 11.9 Å². The highest BCUT2D eigenvalue weighted by Crippen LogP contribution is 2.39. The molecule has 0 aliphatic heterocycles. The zero-order valence-corrected chi connectivity index (χ0v) is 26.8. The van der Waals surface area contributed by atoms with Crippen molar-refractivity contribution in [1.82, 2.24) is 0 Å². The van der Waals surface area contributed by atoms with Crippen molar-refractivity contribution in [3.05, 3.63) is 70.8 Å². The molecule has 2 rings (SSSR count). The summed E-state index contributed by atoms with van der Waals surface area (Å²) in [6.45, 7) is 12.8. The predicted octanol–water partition coefficient (Wildman–Crippen LogP) is 10.3. The van der Waals surface area contributed by atoms with E-state index in [4.69, 9.17) is 9.47 Å². The molecule has 228 valence electrons. The van der Waals surface area contributed by atoms with Crippen LogP contribution < -0.4 is 0 Å². The van der Waals surface area contributed by atoms with Gasteiger partial charge < -0.3 is 9.47 Å². The summed E-state index contributed by atoms with van der Waals surface area (Å²) < 4.78 is 12.6. The minimum absolute atomic E-state index is 0.271. The third kappa shape index (κ3) is 10.3. The number of rotatable bonds is 20. The molecule has 41 heavy (non-hydrogen) atoms. The largest absolute Gasteiger partial charge is 0.458 e. The number of carbonyl (C=O) groups is 2. The molecule has 4 nitrogen and oxygen atoms in total. The molecule has 2 aromatic rings. The van der Waals surface area contributed by atoms with E-state index in [-0.39, 0.29) is 24.1 Å². The third-order valence-corrected chi connectivity index (χ3v) is 8.73. The van der Waals surface area contributed by atoms with Crippen LogP contribution in [-0.4, -0.2) is 24.1 Å². The first kappa shape index (κ1) is 34.6. The molecule has 0 heterocycles. The first-order valence-corrected chi connectivity index (χ1v) is 16.4. The van der Waals surface area contributed by atoms with Gasteiger partial charge in [-0.3, -0.25) is 0 Å². The normalized spacial score (nSPS) is 14.2. The lowest BCUT2D eigenvalue weighted by Gasteiger charge is -2.41. The quantitative estimate of drug-likeness (QED) is 0.119. The van der Waals surface area contributed by atoms with Crippen LogP contribution in [0.15, 0.2) is 48.5 Å². The maximum absolute atomic E-state index is 13.6. The van der Waals surface area contributed by atoms with Crippen molar-refractivity contribution in [2.45, 2.75) is 144 Å². The molecule has 0 radical (unpaired) electrons. The van der Waals surface area contributed by atoms with Gasteiger partial charge in [0.2, 0.25) is 0 Å². The van der Waals surface area contributed by atoms with Crippen molar-refractivity contribution in [2.24, 2.45) is 5.41 Å². The van der Waals surface area contributed by atoms with Crippen molar-refractivity contribution in [1.29, 1.82) is 0 Å². The van der Waals surface area contributed by atoms with Crippen LogP contribution in [0.3, 0.4) is 0 Å². The first-order chi connectivity index (χ1) is 19.9. The lowest BCUT2D eigenvalue weighted by atomic mass is 9.73. The molecule has 0 spiro atoms. The monoisotopic (exact) mass is 564 g/mol. The Morgan fingerprint density at radius 2 is 1.10 bits per heavy atom. The Labute approximate surface area is 250 Å². The van der Waals surface area contributed by atoms with Crippen molar-refractivity contribution in [3.8, 4) is 0 Å². The van der Waals surface area contributed by atoms with Crippen molar-refractivity contribution in [3.63, 3.8) is 0 Å². The highest BCUT2D eigenvalue weighted by molar-refractivity contribution is 5.92. The molecular formula is C37H56O4. The molecular weight excluding hydrogens is 508 g/mol. The van der Waals surface area contributed by atoms with Gasteiger partial charge in [0.1, 0.15) is 12.2 Å². The van der Waals surface area contributed by atoms with Gasteiger partial charge in [0.05, 0.1) is 11.1 Å². The van der Waals surface area contributed by atoms with E-state index >= 15 is 0 Å². The van der Waals surface area contributed by atoms with E-state index in [1.807, 2.05) is 48.5 Å². The van der Waals surface area contributed by atoms with Crippen LogP contribution in [-0.2, 0) is 22.3 Å². The smallest absolute Gasteiger partial charge is 0.338 e. The second-order valence-corrected chi connectivity index (χ2v) is 11.8. The van der Waals surface area contributed by atoms with Crippen LogP contribution in [0, 0.1) is 5.41 Å². The Bertz CT molecular complexity index is 1040. The summed E-state index contributed by atoms with van der Waals surface area (Å²) in [5.41, 5.74) is 2.90. The Morgan fingerprint density at radius 1 is 0.634 bits per heavy atom. The number of carbonyl (C=O) groups excluding carboxylic acids is 2. The summed E-state index contributed by atoms with van der Waals surface area (Å²) in [5, 5.41) is 0. The summed E-state index contributed by atoms with van der Waals surface area (Å²) in [4.78, 5) is 27.2. The standard InChI is InChI=1S/C37H56O4/c1-7-12-14-16-23-29-25-18-20-27-31(29)35(38)40-33(10-4)37(6,11-5)34(22-9-3)41-36(39)32-28-21-19-26-30(32)24-17-15-13-8-2/h18-21,25-28,33-34H,7-17,22-24H2,1-6H3. The summed E-state index contributed by atoms with van der Waals surface area (Å²) in [6.07, 6.45) is 13.2. The molecule has 0 amide bonds. The van der Waals surface area contributed by atoms with Crippen LogP contribution >= 0.6 is 0 Å². The fraction of sp³-hybridized carbons (Fsp3) is 0.622. The van der Waals surface area contributed by atoms with Gasteiger partial charge in [0.25, 0.3) is 0 Å². The van der Waals surface area contributed by atoms with Crippen molar-refractivity contribution >= 4 is 11.9 Å². The second-order valence-electron chi connectivity index (χ2n) is 11.8. The molecule has 3 atom stereocenters. The maximum atomic E-state index is 13.6. The molecule has 0 fully saturated rings. The van der Waals surface area contributed by atoms with Crippen molar-refractivity contribution in [2.75, 3.05) is 0 Å². The lowest BCUT2D eigenvalue weighted by Crippen LogP contribution is -2.46. The van der Waals surface area contributed by atoms with E-state index in [0.717, 1.165) is 68.9 Å². The lowest BCUT2D eigenvalue weighted by molar-refractivity contribution is -0.0860. The minimum Gasteiger partial charge on any atom is -0.458 e. The van der Waals surface area contributed by atoms with Gasteiger partial charge in [-0.25, -0.2) is 9.59 Å². The molecule has 0 N–H and O–H groups in total. The number of esters is 2. The number of aryl methyl sites for hydroxylation is 2. The molecule has 0 saturated carbocycles. The van der Waals surface area contributed by atoms with Gasteiger partial charge in [-0.1, -0.05) is 123 Å². The number of hydrogen-bond donors (Lipinski definition) is 0. The van der Waals surface area contributed by atoms with Gasteiger partial charge in [-0.05, 0) is 68.2 Å². The Hall–Kier alpha value is -2.62. The molecule has 2 aromatic carbocycles. The van der Waals surface area contributed by atoms with E-state index in [9.17, 15) is 9.59 Å². The van der Waals surface area contributed by atoms with E-state index < -0.39 is 5.41 Å². The maximum Gasteiger partial charge on any atom is 0.338 e. The summed E-state index contributed by atoms with van der Waals surface area (Å²) >= 11 is 0. The SMILES string of the molecule is CCCCCCc1ccccc1C(=O)OC(CC)C(C)(CC)C(CCC)OC(=O)c1ccccc1CCCCCC. The molecule has 0 saturated heterocycles. The highest BCUT2D eigenvalue weighted by atomic mass is 16.6. The van der Waals surface area contributed by atoms with E-state index in [2.05, 4.69) is 41.5 Å². The summed E-state index contributed by atoms with van der Waals surface area (Å²) in [7, 11) is 0. The van der Waals surface area contributed by atoms with Crippen LogP contribution in [0.1, 0.15) is 150 Å².